The SMILES string of the molecule is CC.CCOC(=O)c1cccc(Cc2cc(Cl)ccc2OCc2ccc(Cl)cc2F)n1. The molecule has 0 bridgehead atoms. The summed E-state index contributed by atoms with van der Waals surface area (Å²) in [7, 11) is 0. The van der Waals surface area contributed by atoms with Crippen LogP contribution in [0.4, 0.5) is 4.39 Å². The van der Waals surface area contributed by atoms with E-state index in [1.54, 1.807) is 55.5 Å². The fourth-order valence-electron chi connectivity index (χ4n) is 2.71. The number of carbonyl (C=O) groups is 1. The van der Waals surface area contributed by atoms with E-state index in [4.69, 9.17) is 32.7 Å². The minimum Gasteiger partial charge on any atom is -0.489 e. The predicted octanol–water partition coefficient (Wildman–Crippen LogP) is 6.90. The van der Waals surface area contributed by atoms with Crippen LogP contribution in [0, 0.1) is 5.82 Å². The summed E-state index contributed by atoms with van der Waals surface area (Å²) in [6, 6.07) is 14.7. The van der Waals surface area contributed by atoms with Crippen molar-refractivity contribution in [2.24, 2.45) is 0 Å². The van der Waals surface area contributed by atoms with Crippen molar-refractivity contribution in [1.82, 2.24) is 4.98 Å². The van der Waals surface area contributed by atoms with Crippen molar-refractivity contribution >= 4 is 29.2 Å². The summed E-state index contributed by atoms with van der Waals surface area (Å²) < 4.78 is 24.8. The first kappa shape index (κ1) is 24.6. The summed E-state index contributed by atoms with van der Waals surface area (Å²) in [6.07, 6.45) is 0.381. The fraction of sp³-hybridized carbons (Fsp3) is 0.250. The van der Waals surface area contributed by atoms with Gasteiger partial charge in [-0.2, -0.15) is 0 Å². The Balaban J connectivity index is 0.00000166. The third-order valence-electron chi connectivity index (χ3n) is 4.08. The van der Waals surface area contributed by atoms with Crippen molar-refractivity contribution < 1.29 is 18.7 Å². The van der Waals surface area contributed by atoms with Gasteiger partial charge in [0.25, 0.3) is 0 Å². The van der Waals surface area contributed by atoms with Gasteiger partial charge in [-0.05, 0) is 49.4 Å². The molecule has 0 fully saturated rings. The molecule has 31 heavy (non-hydrogen) atoms. The Hall–Kier alpha value is -2.63. The van der Waals surface area contributed by atoms with Crippen LogP contribution in [-0.2, 0) is 17.8 Å². The first-order valence-corrected chi connectivity index (χ1v) is 10.7. The lowest BCUT2D eigenvalue weighted by Gasteiger charge is -2.13. The number of benzene rings is 2. The maximum Gasteiger partial charge on any atom is 0.356 e. The highest BCUT2D eigenvalue weighted by Crippen LogP contribution is 2.27. The lowest BCUT2D eigenvalue weighted by atomic mass is 10.1. The van der Waals surface area contributed by atoms with E-state index in [9.17, 15) is 9.18 Å². The Morgan fingerprint density at radius 3 is 2.42 bits per heavy atom. The molecule has 1 heterocycles. The highest BCUT2D eigenvalue weighted by atomic mass is 35.5. The Bertz CT molecular complexity index is 1030. The van der Waals surface area contributed by atoms with Gasteiger partial charge in [0.1, 0.15) is 23.9 Å². The van der Waals surface area contributed by atoms with E-state index < -0.39 is 11.8 Å². The first-order valence-electron chi connectivity index (χ1n) is 9.94. The number of aromatic nitrogens is 1. The molecule has 1 aromatic heterocycles. The lowest BCUT2D eigenvalue weighted by Crippen LogP contribution is -2.08. The van der Waals surface area contributed by atoms with Crippen molar-refractivity contribution in [3.63, 3.8) is 0 Å². The summed E-state index contributed by atoms with van der Waals surface area (Å²) in [5, 5.41) is 0.859. The van der Waals surface area contributed by atoms with Gasteiger partial charge < -0.3 is 9.47 Å². The largest absolute Gasteiger partial charge is 0.489 e. The van der Waals surface area contributed by atoms with Crippen LogP contribution in [0.2, 0.25) is 10.0 Å². The number of hydrogen-bond donors (Lipinski definition) is 0. The molecule has 3 aromatic rings. The molecule has 0 atom stereocenters. The molecule has 4 nitrogen and oxygen atoms in total. The number of halogens is 3. The number of pyridine rings is 1. The molecule has 0 aliphatic heterocycles. The number of esters is 1. The van der Waals surface area contributed by atoms with Crippen molar-refractivity contribution in [3.05, 3.63) is 93.0 Å². The Kier molecular flexibility index (Phi) is 9.76. The van der Waals surface area contributed by atoms with Crippen molar-refractivity contribution in [3.8, 4) is 5.75 Å². The molecular weight excluding hydrogens is 440 g/mol. The molecule has 0 radical (unpaired) electrons. The van der Waals surface area contributed by atoms with E-state index in [-0.39, 0.29) is 18.9 Å². The van der Waals surface area contributed by atoms with Crippen LogP contribution in [0.3, 0.4) is 0 Å². The number of carbonyl (C=O) groups excluding carboxylic acids is 1. The van der Waals surface area contributed by atoms with Crippen LogP contribution in [0.15, 0.2) is 54.6 Å². The minimum atomic E-state index is -0.477. The van der Waals surface area contributed by atoms with Crippen molar-refractivity contribution in [1.29, 1.82) is 0 Å². The predicted molar refractivity (Wildman–Crippen MR) is 122 cm³/mol. The first-order chi connectivity index (χ1) is 15.0. The molecule has 3 rings (SSSR count). The van der Waals surface area contributed by atoms with Gasteiger partial charge in [0.2, 0.25) is 0 Å². The van der Waals surface area contributed by atoms with Gasteiger partial charge in [0.15, 0.2) is 0 Å². The topological polar surface area (TPSA) is 48.4 Å². The zero-order valence-electron chi connectivity index (χ0n) is 17.6. The number of hydrogen-bond acceptors (Lipinski definition) is 4. The van der Waals surface area contributed by atoms with Crippen molar-refractivity contribution in [2.45, 2.75) is 33.8 Å². The monoisotopic (exact) mass is 463 g/mol. The zero-order valence-corrected chi connectivity index (χ0v) is 19.1. The van der Waals surface area contributed by atoms with Crippen LogP contribution in [0.1, 0.15) is 48.1 Å². The standard InChI is InChI=1S/C22H18Cl2FNO3.C2H6/c1-2-28-22(27)20-5-3-4-18(26-20)11-15-10-16(23)8-9-21(15)29-13-14-6-7-17(24)12-19(14)25;1-2/h3-10,12H,2,11,13H2,1H3;1-2H3. The lowest BCUT2D eigenvalue weighted by molar-refractivity contribution is 0.0519. The molecule has 0 aliphatic carbocycles. The van der Waals surface area contributed by atoms with Crippen LogP contribution in [0.25, 0.3) is 0 Å². The molecule has 164 valence electrons. The van der Waals surface area contributed by atoms with E-state index >= 15 is 0 Å². The van der Waals surface area contributed by atoms with Crippen LogP contribution < -0.4 is 4.74 Å². The van der Waals surface area contributed by atoms with Gasteiger partial charge in [-0.15, -0.1) is 0 Å². The number of nitrogens with zero attached hydrogens (tertiary/aromatic N) is 1. The van der Waals surface area contributed by atoms with E-state index in [1.807, 2.05) is 13.8 Å². The smallest absolute Gasteiger partial charge is 0.356 e. The van der Waals surface area contributed by atoms with Crippen LogP contribution >= 0.6 is 23.2 Å². The summed E-state index contributed by atoms with van der Waals surface area (Å²) >= 11 is 11.9. The Morgan fingerprint density at radius 2 is 1.71 bits per heavy atom. The van der Waals surface area contributed by atoms with Gasteiger partial charge in [-0.25, -0.2) is 14.2 Å². The highest BCUT2D eigenvalue weighted by molar-refractivity contribution is 6.30. The normalized spacial score (nSPS) is 10.1. The van der Waals surface area contributed by atoms with E-state index in [2.05, 4.69) is 4.98 Å². The molecule has 0 aliphatic rings. The molecular formula is C24H24Cl2FNO3. The maximum atomic E-state index is 14.0. The number of ether oxygens (including phenoxy) is 2. The van der Waals surface area contributed by atoms with E-state index in [0.29, 0.717) is 33.5 Å². The summed E-state index contributed by atoms with van der Waals surface area (Å²) in [5.74, 6) is -0.362. The van der Waals surface area contributed by atoms with Crippen molar-refractivity contribution in [2.75, 3.05) is 6.61 Å². The molecule has 0 spiro atoms. The zero-order chi connectivity index (χ0) is 22.8. The quantitative estimate of drug-likeness (QED) is 0.357. The van der Waals surface area contributed by atoms with Gasteiger partial charge in [0.05, 0.1) is 6.61 Å². The fourth-order valence-corrected chi connectivity index (χ4v) is 3.07. The van der Waals surface area contributed by atoms with Gasteiger partial charge in [-0.3, -0.25) is 0 Å². The Morgan fingerprint density at radius 1 is 1.00 bits per heavy atom. The number of rotatable bonds is 7. The summed E-state index contributed by atoms with van der Waals surface area (Å²) in [6.45, 7) is 6.05. The van der Waals surface area contributed by atoms with E-state index in [0.717, 1.165) is 5.56 Å². The molecule has 0 N–H and O–H groups in total. The molecule has 0 saturated carbocycles. The second-order valence-corrected chi connectivity index (χ2v) is 7.06. The maximum absolute atomic E-state index is 14.0. The molecule has 0 saturated heterocycles. The molecule has 7 heteroatoms. The average Bonchev–Trinajstić information content (AvgIpc) is 2.76. The van der Waals surface area contributed by atoms with Gasteiger partial charge >= 0.3 is 5.97 Å². The molecule has 0 unspecified atom stereocenters. The van der Waals surface area contributed by atoms with Gasteiger partial charge in [0, 0.05) is 33.3 Å². The second kappa shape index (κ2) is 12.3. The highest BCUT2D eigenvalue weighted by Gasteiger charge is 2.12. The Labute approximate surface area is 191 Å². The third kappa shape index (κ3) is 7.23. The third-order valence-corrected chi connectivity index (χ3v) is 4.55. The minimum absolute atomic E-state index is 0.0356. The van der Waals surface area contributed by atoms with Crippen LogP contribution in [0.5, 0.6) is 5.75 Å². The molecule has 0 amide bonds. The second-order valence-electron chi connectivity index (χ2n) is 6.19. The summed E-state index contributed by atoms with van der Waals surface area (Å²) in [4.78, 5) is 16.3. The van der Waals surface area contributed by atoms with Gasteiger partial charge in [-0.1, -0.05) is 49.2 Å². The molecule has 2 aromatic carbocycles. The summed E-state index contributed by atoms with van der Waals surface area (Å²) in [5.41, 5.74) is 2.04. The average molecular weight is 464 g/mol. The van der Waals surface area contributed by atoms with Crippen LogP contribution in [-0.4, -0.2) is 17.6 Å². The van der Waals surface area contributed by atoms with E-state index in [1.165, 1.54) is 6.07 Å².